The van der Waals surface area contributed by atoms with Crippen molar-refractivity contribution in [2.24, 2.45) is 0 Å². The van der Waals surface area contributed by atoms with Crippen LogP contribution in [0.1, 0.15) is 15.9 Å². The molecule has 0 saturated carbocycles. The third-order valence-electron chi connectivity index (χ3n) is 3.66. The number of anilines is 1. The van der Waals surface area contributed by atoms with Crippen molar-refractivity contribution in [2.75, 3.05) is 32.1 Å². The summed E-state index contributed by atoms with van der Waals surface area (Å²) in [7, 11) is 3.41. The molecule has 1 amide bonds. The summed E-state index contributed by atoms with van der Waals surface area (Å²) in [5.74, 6) is 0.169. The number of nitro groups is 1. The minimum absolute atomic E-state index is 0.0106. The number of aromatic amines is 1. The monoisotopic (exact) mass is 395 g/mol. The Balaban J connectivity index is 2.05. The van der Waals surface area contributed by atoms with Gasteiger partial charge in [-0.05, 0) is 35.0 Å². The lowest BCUT2D eigenvalue weighted by atomic mass is 10.2. The van der Waals surface area contributed by atoms with Gasteiger partial charge in [-0.3, -0.25) is 14.9 Å². The van der Waals surface area contributed by atoms with Crippen LogP contribution in [0, 0.1) is 17.0 Å². The molecule has 0 unspecified atom stereocenters. The molecule has 0 aromatic carbocycles. The third-order valence-corrected chi connectivity index (χ3v) is 4.12. The van der Waals surface area contributed by atoms with Crippen LogP contribution in [0.5, 0.6) is 0 Å². The molecule has 2 aromatic heterocycles. The maximum atomic E-state index is 12.3. The van der Waals surface area contributed by atoms with Crippen molar-refractivity contribution in [3.63, 3.8) is 0 Å². The summed E-state index contributed by atoms with van der Waals surface area (Å²) in [4.78, 5) is 33.4. The first-order valence-corrected chi connectivity index (χ1v) is 8.01. The van der Waals surface area contributed by atoms with Crippen molar-refractivity contribution in [3.8, 4) is 0 Å². The second-order valence-electron chi connectivity index (χ2n) is 5.44. The van der Waals surface area contributed by atoms with Gasteiger partial charge in [-0.2, -0.15) is 0 Å². The summed E-state index contributed by atoms with van der Waals surface area (Å²) in [5, 5.41) is 11.2. The van der Waals surface area contributed by atoms with Crippen molar-refractivity contribution in [2.45, 2.75) is 6.92 Å². The number of nitrogens with one attached hydrogen (secondary N) is 1. The summed E-state index contributed by atoms with van der Waals surface area (Å²) in [5.41, 5.74) is 1.09. The van der Waals surface area contributed by atoms with Crippen LogP contribution in [0.2, 0.25) is 0 Å². The van der Waals surface area contributed by atoms with Crippen molar-refractivity contribution < 1.29 is 9.72 Å². The largest absolute Gasteiger partial charge is 0.355 e. The van der Waals surface area contributed by atoms with Gasteiger partial charge in [-0.15, -0.1) is 0 Å². The predicted molar refractivity (Wildman–Crippen MR) is 94.4 cm³/mol. The van der Waals surface area contributed by atoms with Gasteiger partial charge >= 0.3 is 5.69 Å². The van der Waals surface area contributed by atoms with E-state index in [1.807, 2.05) is 0 Å². The zero-order chi connectivity index (χ0) is 17.9. The van der Waals surface area contributed by atoms with E-state index in [0.29, 0.717) is 30.0 Å². The Morgan fingerprint density at radius 3 is 2.71 bits per heavy atom. The molecule has 2 aromatic rings. The molecular weight excluding hydrogens is 378 g/mol. The molecule has 0 spiro atoms. The van der Waals surface area contributed by atoms with Gasteiger partial charge in [0.15, 0.2) is 0 Å². The number of likely N-dealkylation sites (N-methyl/N-ethyl adjacent to an activating group) is 2. The fourth-order valence-corrected chi connectivity index (χ4v) is 2.62. The lowest BCUT2D eigenvalue weighted by Crippen LogP contribution is -2.35. The molecule has 0 aliphatic heterocycles. The fourth-order valence-electron chi connectivity index (χ4n) is 2.26. The smallest absolute Gasteiger partial charge is 0.314 e. The van der Waals surface area contributed by atoms with E-state index in [4.69, 9.17) is 0 Å². The molecule has 0 fully saturated rings. The first-order valence-electron chi connectivity index (χ1n) is 7.21. The van der Waals surface area contributed by atoms with Crippen LogP contribution in [-0.4, -0.2) is 52.9 Å². The number of hydrogen-bond donors (Lipinski definition) is 1. The topological polar surface area (TPSA) is 95.4 Å². The highest BCUT2D eigenvalue weighted by atomic mass is 79.9. The maximum absolute atomic E-state index is 12.3. The molecule has 9 heteroatoms. The van der Waals surface area contributed by atoms with E-state index in [2.05, 4.69) is 25.9 Å². The summed E-state index contributed by atoms with van der Waals surface area (Å²) in [6.45, 7) is 2.51. The van der Waals surface area contributed by atoms with E-state index in [-0.39, 0.29) is 11.6 Å². The van der Waals surface area contributed by atoms with E-state index in [9.17, 15) is 14.9 Å². The van der Waals surface area contributed by atoms with Gasteiger partial charge < -0.3 is 14.8 Å². The van der Waals surface area contributed by atoms with Crippen molar-refractivity contribution in [3.05, 3.63) is 50.4 Å². The Bertz CT molecular complexity index is 761. The number of H-pyrrole nitrogens is 1. The zero-order valence-corrected chi connectivity index (χ0v) is 15.2. The Kier molecular flexibility index (Phi) is 5.55. The number of carbonyl (C=O) groups excluding carboxylic acids is 1. The number of aromatic nitrogens is 2. The highest BCUT2D eigenvalue weighted by Gasteiger charge is 2.22. The average Bonchev–Trinajstić information content (AvgIpc) is 2.97. The molecule has 0 bridgehead atoms. The molecule has 2 heterocycles. The molecule has 128 valence electrons. The first kappa shape index (κ1) is 17.9. The van der Waals surface area contributed by atoms with Crippen molar-refractivity contribution >= 4 is 33.3 Å². The van der Waals surface area contributed by atoms with E-state index in [1.165, 1.54) is 0 Å². The van der Waals surface area contributed by atoms with Gasteiger partial charge in [0, 0.05) is 45.1 Å². The highest BCUT2D eigenvalue weighted by Crippen LogP contribution is 2.27. The third kappa shape index (κ3) is 3.91. The summed E-state index contributed by atoms with van der Waals surface area (Å²) in [6.07, 6.45) is 3.17. The highest BCUT2D eigenvalue weighted by molar-refractivity contribution is 9.10. The van der Waals surface area contributed by atoms with Crippen molar-refractivity contribution in [1.29, 1.82) is 0 Å². The molecule has 8 nitrogen and oxygen atoms in total. The molecule has 2 rings (SSSR count). The lowest BCUT2D eigenvalue weighted by Gasteiger charge is -2.23. The number of aryl methyl sites for hydroxylation is 1. The number of rotatable bonds is 6. The fraction of sp³-hybridized carbons (Fsp3) is 0.333. The van der Waals surface area contributed by atoms with Crippen LogP contribution in [-0.2, 0) is 0 Å². The van der Waals surface area contributed by atoms with Crippen LogP contribution in [0.25, 0.3) is 0 Å². The molecule has 1 N–H and O–H groups in total. The van der Waals surface area contributed by atoms with Crippen LogP contribution < -0.4 is 4.90 Å². The van der Waals surface area contributed by atoms with Gasteiger partial charge in [0.2, 0.25) is 5.82 Å². The van der Waals surface area contributed by atoms with Crippen LogP contribution in [0.4, 0.5) is 11.5 Å². The van der Waals surface area contributed by atoms with Gasteiger partial charge in [0.25, 0.3) is 5.91 Å². The normalized spacial score (nSPS) is 10.5. The van der Waals surface area contributed by atoms with Crippen LogP contribution >= 0.6 is 15.9 Å². The first-order chi connectivity index (χ1) is 11.3. The van der Waals surface area contributed by atoms with Gasteiger partial charge in [-0.25, -0.2) is 4.98 Å². The molecular formula is C15H18BrN5O3. The molecule has 0 atom stereocenters. The summed E-state index contributed by atoms with van der Waals surface area (Å²) >= 11 is 3.26. The quantitative estimate of drug-likeness (QED) is 0.598. The Hall–Kier alpha value is -2.42. The van der Waals surface area contributed by atoms with E-state index in [1.54, 1.807) is 55.3 Å². The van der Waals surface area contributed by atoms with Crippen LogP contribution in [0.3, 0.4) is 0 Å². The van der Waals surface area contributed by atoms with Crippen molar-refractivity contribution in [1.82, 2.24) is 14.9 Å². The SMILES string of the molecule is Cc1ccnc(N(C)CCN(C)C(=O)c2c[nH]c(Br)c2)c1[N+](=O)[O-]. The average molecular weight is 396 g/mol. The van der Waals surface area contributed by atoms with Gasteiger partial charge in [0.1, 0.15) is 0 Å². The van der Waals surface area contributed by atoms with E-state index < -0.39 is 4.92 Å². The minimum Gasteiger partial charge on any atom is -0.355 e. The lowest BCUT2D eigenvalue weighted by molar-refractivity contribution is -0.384. The predicted octanol–water partition coefficient (Wildman–Crippen LogP) is 2.60. The minimum atomic E-state index is -0.430. The Labute approximate surface area is 147 Å². The summed E-state index contributed by atoms with van der Waals surface area (Å²) in [6, 6.07) is 3.31. The zero-order valence-electron chi connectivity index (χ0n) is 13.6. The summed E-state index contributed by atoms with van der Waals surface area (Å²) < 4.78 is 0.732. The molecule has 24 heavy (non-hydrogen) atoms. The number of hydrogen-bond acceptors (Lipinski definition) is 5. The number of pyridine rings is 1. The number of nitrogens with zero attached hydrogens (tertiary/aromatic N) is 4. The molecule has 0 aliphatic carbocycles. The molecule has 0 radical (unpaired) electrons. The molecule has 0 saturated heterocycles. The second-order valence-corrected chi connectivity index (χ2v) is 6.30. The van der Waals surface area contributed by atoms with Gasteiger partial charge in [0.05, 0.1) is 15.1 Å². The van der Waals surface area contributed by atoms with Gasteiger partial charge in [-0.1, -0.05) is 0 Å². The van der Waals surface area contributed by atoms with E-state index >= 15 is 0 Å². The maximum Gasteiger partial charge on any atom is 0.314 e. The Morgan fingerprint density at radius 2 is 2.12 bits per heavy atom. The Morgan fingerprint density at radius 1 is 1.42 bits per heavy atom. The number of carbonyl (C=O) groups is 1. The second kappa shape index (κ2) is 7.43. The molecule has 0 aliphatic rings. The number of halogens is 1. The van der Waals surface area contributed by atoms with E-state index in [0.717, 1.165) is 4.60 Å². The standard InChI is InChI=1S/C15H18BrN5O3/c1-10-4-5-17-14(13(10)21(23)24)19(2)6-7-20(3)15(22)11-8-12(16)18-9-11/h4-5,8-9,18H,6-7H2,1-3H3. The number of amides is 1. The van der Waals surface area contributed by atoms with Crippen LogP contribution in [0.15, 0.2) is 29.1 Å².